The van der Waals surface area contributed by atoms with Crippen LogP contribution < -0.4 is 10.6 Å². The van der Waals surface area contributed by atoms with Crippen LogP contribution in [0.2, 0.25) is 0 Å². The number of carboxylic acid groups (broad SMARTS) is 1. The molecular formula is C28H41N3O6S. The number of piperidine rings is 1. The summed E-state index contributed by atoms with van der Waals surface area (Å²) < 4.78 is 11.0. The summed E-state index contributed by atoms with van der Waals surface area (Å²) in [6.07, 6.45) is 3.32. The standard InChI is InChI=1S/C28H41N3O6S/c1-27(2,3)14-11-21-17-22(23(38-21)24(32)33)29-18-7-9-19(10-8-18)30-25(34)36-20-12-15-31(16-13-20)26(35)37-28(4,5)6/h17-20,29H,7-10,12-13,15-16H2,1-6H3,(H,30,34)(H,32,33). The predicted molar refractivity (Wildman–Crippen MR) is 148 cm³/mol. The van der Waals surface area contributed by atoms with Crippen molar-refractivity contribution in [1.29, 1.82) is 0 Å². The average molecular weight is 548 g/mol. The second-order valence-corrected chi connectivity index (χ2v) is 13.1. The van der Waals surface area contributed by atoms with Crippen LogP contribution in [0.4, 0.5) is 15.3 Å². The Morgan fingerprint density at radius 1 is 1.00 bits per heavy atom. The van der Waals surface area contributed by atoms with Crippen molar-refractivity contribution in [2.45, 2.75) is 104 Å². The third kappa shape index (κ3) is 9.43. The molecule has 3 N–H and O–H groups in total. The van der Waals surface area contributed by atoms with Gasteiger partial charge in [0.25, 0.3) is 0 Å². The van der Waals surface area contributed by atoms with Crippen molar-refractivity contribution in [3.05, 3.63) is 15.8 Å². The van der Waals surface area contributed by atoms with E-state index in [0.29, 0.717) is 31.6 Å². The van der Waals surface area contributed by atoms with Gasteiger partial charge in [0.2, 0.25) is 0 Å². The first-order valence-corrected chi connectivity index (χ1v) is 14.1. The molecule has 0 unspecified atom stereocenters. The Hall–Kier alpha value is -2.93. The number of carboxylic acids is 1. The van der Waals surface area contributed by atoms with Crippen LogP contribution in [0.25, 0.3) is 0 Å². The van der Waals surface area contributed by atoms with Crippen molar-refractivity contribution in [2.75, 3.05) is 18.4 Å². The average Bonchev–Trinajstić information content (AvgIpc) is 3.21. The van der Waals surface area contributed by atoms with Crippen LogP contribution in [0.3, 0.4) is 0 Å². The molecule has 0 spiro atoms. The second kappa shape index (κ2) is 12.3. The normalized spacial score (nSPS) is 20.6. The lowest BCUT2D eigenvalue weighted by Gasteiger charge is -2.34. The summed E-state index contributed by atoms with van der Waals surface area (Å²) in [4.78, 5) is 39.1. The zero-order valence-corrected chi connectivity index (χ0v) is 24.1. The Kier molecular flexibility index (Phi) is 9.58. The van der Waals surface area contributed by atoms with Gasteiger partial charge >= 0.3 is 18.2 Å². The highest BCUT2D eigenvalue weighted by molar-refractivity contribution is 7.15. The van der Waals surface area contributed by atoms with Gasteiger partial charge in [-0.25, -0.2) is 14.4 Å². The van der Waals surface area contributed by atoms with Crippen molar-refractivity contribution in [1.82, 2.24) is 10.2 Å². The second-order valence-electron chi connectivity index (χ2n) is 12.1. The lowest BCUT2D eigenvalue weighted by atomic mass is 9.91. The number of rotatable bonds is 5. The van der Waals surface area contributed by atoms with Crippen LogP contribution in [-0.4, -0.2) is 65.0 Å². The van der Waals surface area contributed by atoms with Crippen LogP contribution >= 0.6 is 11.3 Å². The van der Waals surface area contributed by atoms with Gasteiger partial charge in [-0.3, -0.25) is 0 Å². The van der Waals surface area contributed by atoms with E-state index in [1.165, 1.54) is 11.3 Å². The van der Waals surface area contributed by atoms with Crippen molar-refractivity contribution in [2.24, 2.45) is 5.41 Å². The van der Waals surface area contributed by atoms with E-state index in [2.05, 4.69) is 22.5 Å². The Morgan fingerprint density at radius 3 is 2.16 bits per heavy atom. The van der Waals surface area contributed by atoms with E-state index < -0.39 is 17.7 Å². The largest absolute Gasteiger partial charge is 0.477 e. The van der Waals surface area contributed by atoms with Gasteiger partial charge in [0, 0.05) is 43.4 Å². The number of nitrogens with one attached hydrogen (secondary N) is 2. The topological polar surface area (TPSA) is 117 Å². The van der Waals surface area contributed by atoms with Crippen molar-refractivity contribution < 1.29 is 29.0 Å². The summed E-state index contributed by atoms with van der Waals surface area (Å²) in [7, 11) is 0. The number of thiophene rings is 1. The predicted octanol–water partition coefficient (Wildman–Crippen LogP) is 5.69. The Bertz CT molecular complexity index is 1060. The number of amides is 2. The van der Waals surface area contributed by atoms with Gasteiger partial charge in [0.05, 0.1) is 10.6 Å². The molecule has 1 aliphatic carbocycles. The molecule has 1 aromatic rings. The van der Waals surface area contributed by atoms with Gasteiger partial charge in [-0.1, -0.05) is 11.8 Å². The quantitative estimate of drug-likeness (QED) is 0.405. The lowest BCUT2D eigenvalue weighted by Crippen LogP contribution is -2.46. The minimum atomic E-state index is -0.962. The number of aromatic carboxylic acids is 1. The minimum Gasteiger partial charge on any atom is -0.477 e. The first-order valence-electron chi connectivity index (χ1n) is 13.3. The molecule has 0 radical (unpaired) electrons. The smallest absolute Gasteiger partial charge is 0.410 e. The van der Waals surface area contributed by atoms with E-state index in [1.54, 1.807) is 4.90 Å². The molecule has 3 rings (SSSR count). The highest BCUT2D eigenvalue weighted by atomic mass is 32.1. The molecule has 0 aromatic carbocycles. The third-order valence-corrected chi connectivity index (χ3v) is 7.30. The Labute approximate surface area is 229 Å². The van der Waals surface area contributed by atoms with Gasteiger partial charge in [0.15, 0.2) is 0 Å². The molecule has 1 aliphatic heterocycles. The molecule has 1 saturated carbocycles. The number of carbonyl (C=O) groups is 3. The fraction of sp³-hybridized carbons (Fsp3) is 0.679. The van der Waals surface area contributed by atoms with E-state index >= 15 is 0 Å². The molecule has 10 heteroatoms. The third-order valence-electron chi connectivity index (χ3n) is 6.26. The van der Waals surface area contributed by atoms with Crippen LogP contribution in [0.5, 0.6) is 0 Å². The maximum absolute atomic E-state index is 12.5. The van der Waals surface area contributed by atoms with Gasteiger partial charge in [-0.05, 0) is 73.3 Å². The monoisotopic (exact) mass is 547 g/mol. The highest BCUT2D eigenvalue weighted by Crippen LogP contribution is 2.31. The lowest BCUT2D eigenvalue weighted by molar-refractivity contribution is 0.00601. The van der Waals surface area contributed by atoms with E-state index in [9.17, 15) is 19.5 Å². The fourth-order valence-electron chi connectivity index (χ4n) is 4.40. The zero-order valence-electron chi connectivity index (χ0n) is 23.3. The fourth-order valence-corrected chi connectivity index (χ4v) is 5.22. The van der Waals surface area contributed by atoms with Gasteiger partial charge in [-0.15, -0.1) is 11.3 Å². The van der Waals surface area contributed by atoms with Crippen molar-refractivity contribution in [3.8, 4) is 11.8 Å². The molecule has 2 heterocycles. The van der Waals surface area contributed by atoms with Crippen LogP contribution in [0.15, 0.2) is 6.07 Å². The molecule has 2 amide bonds. The molecule has 2 fully saturated rings. The van der Waals surface area contributed by atoms with E-state index in [-0.39, 0.29) is 34.6 Å². The molecule has 1 aromatic heterocycles. The highest BCUT2D eigenvalue weighted by Gasteiger charge is 2.30. The summed E-state index contributed by atoms with van der Waals surface area (Å²) in [5.41, 5.74) is -0.0929. The first kappa shape index (κ1) is 29.6. The molecule has 9 nitrogen and oxygen atoms in total. The van der Waals surface area contributed by atoms with Crippen molar-refractivity contribution in [3.63, 3.8) is 0 Å². The number of ether oxygens (including phenoxy) is 2. The maximum atomic E-state index is 12.5. The summed E-state index contributed by atoms with van der Waals surface area (Å²) in [5.74, 6) is 5.29. The summed E-state index contributed by atoms with van der Waals surface area (Å²) in [5, 5.41) is 16.0. The molecule has 2 aliphatic rings. The molecule has 1 saturated heterocycles. The van der Waals surface area contributed by atoms with E-state index in [0.717, 1.165) is 30.6 Å². The summed E-state index contributed by atoms with van der Waals surface area (Å²) in [6.45, 7) is 12.5. The number of hydrogen-bond acceptors (Lipinski definition) is 7. The van der Waals surface area contributed by atoms with Crippen LogP contribution in [0.1, 0.15) is 94.6 Å². The Morgan fingerprint density at radius 2 is 1.61 bits per heavy atom. The van der Waals surface area contributed by atoms with E-state index in [4.69, 9.17) is 9.47 Å². The van der Waals surface area contributed by atoms with E-state index in [1.807, 2.05) is 47.6 Å². The molecular weight excluding hydrogens is 506 g/mol. The number of nitrogens with zero attached hydrogens (tertiary/aromatic N) is 1. The van der Waals surface area contributed by atoms with Crippen LogP contribution in [0, 0.1) is 17.3 Å². The van der Waals surface area contributed by atoms with Gasteiger partial charge in [-0.2, -0.15) is 0 Å². The van der Waals surface area contributed by atoms with Gasteiger partial charge < -0.3 is 30.1 Å². The Balaban J connectivity index is 1.42. The molecule has 38 heavy (non-hydrogen) atoms. The summed E-state index contributed by atoms with van der Waals surface area (Å²) in [6, 6.07) is 1.96. The summed E-state index contributed by atoms with van der Waals surface area (Å²) >= 11 is 1.19. The number of alkyl carbamates (subject to hydrolysis) is 1. The minimum absolute atomic E-state index is 0.0111. The van der Waals surface area contributed by atoms with Crippen molar-refractivity contribution >= 4 is 35.2 Å². The number of anilines is 1. The zero-order chi connectivity index (χ0) is 28.1. The number of carbonyl (C=O) groups excluding carboxylic acids is 2. The number of likely N-dealkylation sites (tertiary alicyclic amines) is 1. The van der Waals surface area contributed by atoms with Gasteiger partial charge in [0.1, 0.15) is 16.6 Å². The number of hydrogen-bond donors (Lipinski definition) is 3. The molecule has 0 atom stereocenters. The molecule has 210 valence electrons. The van der Waals surface area contributed by atoms with Crippen LogP contribution in [-0.2, 0) is 9.47 Å². The first-order chi connectivity index (χ1) is 17.7. The maximum Gasteiger partial charge on any atom is 0.410 e. The SMILES string of the molecule is CC(C)(C)C#Cc1cc(NC2CCC(NC(=O)OC3CCN(C(=O)OC(C)(C)C)CC3)CC2)c(C(=O)O)s1. The molecule has 0 bridgehead atoms.